The molecule has 0 unspecified atom stereocenters. The molecule has 6 nitrogen and oxygen atoms in total. The number of amides is 1. The Morgan fingerprint density at radius 2 is 1.61 bits per heavy atom. The predicted molar refractivity (Wildman–Crippen MR) is 112 cm³/mol. The fourth-order valence-electron chi connectivity index (χ4n) is 3.27. The summed E-state index contributed by atoms with van der Waals surface area (Å²) in [4.78, 5) is 14.7. The van der Waals surface area contributed by atoms with Gasteiger partial charge in [0.05, 0.1) is 4.90 Å². The Morgan fingerprint density at radius 1 is 0.964 bits per heavy atom. The van der Waals surface area contributed by atoms with Crippen molar-refractivity contribution in [1.29, 1.82) is 0 Å². The maximum absolute atomic E-state index is 12.8. The number of hydrogen-bond donors (Lipinski definition) is 1. The Balaban J connectivity index is 1.72. The van der Waals surface area contributed by atoms with E-state index in [-0.39, 0.29) is 10.8 Å². The minimum Gasteiger partial charge on any atom is -0.378 e. The molecule has 0 aliphatic carbocycles. The van der Waals surface area contributed by atoms with Crippen LogP contribution in [0.2, 0.25) is 0 Å². The van der Waals surface area contributed by atoms with E-state index >= 15 is 0 Å². The Kier molecular flexibility index (Phi) is 6.36. The smallest absolute Gasteiger partial charge is 0.255 e. The summed E-state index contributed by atoms with van der Waals surface area (Å²) < 4.78 is 27.2. The summed E-state index contributed by atoms with van der Waals surface area (Å²) in [7, 11) is 0.352. The lowest BCUT2D eigenvalue weighted by Crippen LogP contribution is -2.31. The average molecular weight is 402 g/mol. The van der Waals surface area contributed by atoms with Gasteiger partial charge in [-0.15, -0.1) is 0 Å². The van der Waals surface area contributed by atoms with Crippen LogP contribution in [0, 0.1) is 0 Å². The Labute approximate surface area is 167 Å². The van der Waals surface area contributed by atoms with Crippen LogP contribution in [-0.2, 0) is 10.0 Å². The summed E-state index contributed by atoms with van der Waals surface area (Å²) in [6.07, 6.45) is 3.96. The summed E-state index contributed by atoms with van der Waals surface area (Å²) in [6.45, 7) is 1.14. The molecule has 1 heterocycles. The third-order valence-corrected chi connectivity index (χ3v) is 6.85. The minimum atomic E-state index is -3.48. The molecule has 3 rings (SSSR count). The molecule has 1 aliphatic heterocycles. The molecule has 7 heteroatoms. The molecule has 0 atom stereocenters. The van der Waals surface area contributed by atoms with E-state index in [1.54, 1.807) is 34.6 Å². The van der Waals surface area contributed by atoms with E-state index < -0.39 is 10.0 Å². The van der Waals surface area contributed by atoms with Crippen LogP contribution in [0.15, 0.2) is 53.4 Å². The first kappa shape index (κ1) is 20.4. The van der Waals surface area contributed by atoms with Gasteiger partial charge in [0.2, 0.25) is 10.0 Å². The highest BCUT2D eigenvalue weighted by atomic mass is 32.2. The zero-order valence-electron chi connectivity index (χ0n) is 16.4. The van der Waals surface area contributed by atoms with Gasteiger partial charge in [-0.3, -0.25) is 4.79 Å². The molecule has 1 N–H and O–H groups in total. The molecule has 1 aliphatic rings. The molecule has 150 valence electrons. The number of sulfonamides is 1. The normalized spacial score (nSPS) is 15.6. The van der Waals surface area contributed by atoms with Crippen LogP contribution in [0.25, 0.3) is 0 Å². The lowest BCUT2D eigenvalue weighted by atomic mass is 10.1. The quantitative estimate of drug-likeness (QED) is 0.832. The molecule has 28 heavy (non-hydrogen) atoms. The average Bonchev–Trinajstić information content (AvgIpc) is 2.98. The van der Waals surface area contributed by atoms with E-state index in [9.17, 15) is 13.2 Å². The van der Waals surface area contributed by atoms with Gasteiger partial charge in [-0.2, -0.15) is 4.31 Å². The summed E-state index contributed by atoms with van der Waals surface area (Å²) in [5.41, 5.74) is 2.05. The maximum Gasteiger partial charge on any atom is 0.255 e. The highest BCUT2D eigenvalue weighted by Gasteiger charge is 2.25. The van der Waals surface area contributed by atoms with Crippen molar-refractivity contribution < 1.29 is 13.2 Å². The number of rotatable bonds is 5. The molecular formula is C21H27N3O3S. The van der Waals surface area contributed by atoms with Crippen LogP contribution >= 0.6 is 0 Å². The van der Waals surface area contributed by atoms with Crippen molar-refractivity contribution in [2.24, 2.45) is 0 Å². The van der Waals surface area contributed by atoms with Gasteiger partial charge in [0.1, 0.15) is 0 Å². The SMILES string of the molecule is CN(C)c1cccc(C(=O)Nc2ccc(S(=O)(=O)N3CCCCCC3)cc2)c1. The Bertz CT molecular complexity index is 916. The van der Waals surface area contributed by atoms with Gasteiger partial charge in [0.25, 0.3) is 5.91 Å². The monoisotopic (exact) mass is 401 g/mol. The second-order valence-electron chi connectivity index (χ2n) is 7.24. The number of carbonyl (C=O) groups is 1. The number of nitrogens with one attached hydrogen (secondary N) is 1. The zero-order chi connectivity index (χ0) is 20.1. The highest BCUT2D eigenvalue weighted by Crippen LogP contribution is 2.22. The van der Waals surface area contributed by atoms with Gasteiger partial charge in [-0.1, -0.05) is 18.9 Å². The zero-order valence-corrected chi connectivity index (χ0v) is 17.2. The Morgan fingerprint density at radius 3 is 2.21 bits per heavy atom. The van der Waals surface area contributed by atoms with E-state index in [0.29, 0.717) is 24.3 Å². The first-order valence-electron chi connectivity index (χ1n) is 9.57. The predicted octanol–water partition coefficient (Wildman–Crippen LogP) is 3.57. The Hall–Kier alpha value is -2.38. The highest BCUT2D eigenvalue weighted by molar-refractivity contribution is 7.89. The van der Waals surface area contributed by atoms with E-state index in [0.717, 1.165) is 31.4 Å². The topological polar surface area (TPSA) is 69.7 Å². The van der Waals surface area contributed by atoms with E-state index in [2.05, 4.69) is 5.32 Å². The molecule has 2 aromatic carbocycles. The van der Waals surface area contributed by atoms with Gasteiger partial charge in [-0.25, -0.2) is 8.42 Å². The van der Waals surface area contributed by atoms with Crippen molar-refractivity contribution in [3.63, 3.8) is 0 Å². The summed E-state index contributed by atoms with van der Waals surface area (Å²) >= 11 is 0. The van der Waals surface area contributed by atoms with Crippen molar-refractivity contribution in [3.8, 4) is 0 Å². The molecule has 1 amide bonds. The first-order chi connectivity index (χ1) is 13.4. The van der Waals surface area contributed by atoms with E-state index in [1.807, 2.05) is 37.2 Å². The fraction of sp³-hybridized carbons (Fsp3) is 0.381. The lowest BCUT2D eigenvalue weighted by molar-refractivity contribution is 0.102. The fourth-order valence-corrected chi connectivity index (χ4v) is 4.79. The van der Waals surface area contributed by atoms with Crippen molar-refractivity contribution in [1.82, 2.24) is 4.31 Å². The van der Waals surface area contributed by atoms with E-state index in [4.69, 9.17) is 0 Å². The number of benzene rings is 2. The molecule has 0 saturated carbocycles. The molecule has 1 fully saturated rings. The van der Waals surface area contributed by atoms with Crippen LogP contribution in [-0.4, -0.2) is 45.8 Å². The molecule has 0 bridgehead atoms. The molecule has 0 radical (unpaired) electrons. The van der Waals surface area contributed by atoms with Crippen LogP contribution < -0.4 is 10.2 Å². The van der Waals surface area contributed by atoms with Gasteiger partial charge >= 0.3 is 0 Å². The van der Waals surface area contributed by atoms with Gasteiger partial charge in [0, 0.05) is 44.1 Å². The summed E-state index contributed by atoms with van der Waals surface area (Å²) in [5.74, 6) is -0.230. The van der Waals surface area contributed by atoms with Crippen LogP contribution in [0.1, 0.15) is 36.0 Å². The molecular weight excluding hydrogens is 374 g/mol. The van der Waals surface area contributed by atoms with Crippen molar-refractivity contribution >= 4 is 27.3 Å². The van der Waals surface area contributed by atoms with Crippen LogP contribution in [0.5, 0.6) is 0 Å². The second kappa shape index (κ2) is 8.75. The number of hydrogen-bond acceptors (Lipinski definition) is 4. The van der Waals surface area contributed by atoms with Crippen molar-refractivity contribution in [3.05, 3.63) is 54.1 Å². The molecule has 2 aromatic rings. The minimum absolute atomic E-state index is 0.230. The maximum atomic E-state index is 12.8. The molecule has 0 spiro atoms. The number of anilines is 2. The summed E-state index contributed by atoms with van der Waals surface area (Å²) in [5, 5.41) is 2.83. The van der Waals surface area contributed by atoms with Gasteiger partial charge < -0.3 is 10.2 Å². The number of nitrogens with zero attached hydrogens (tertiary/aromatic N) is 2. The number of carbonyl (C=O) groups excluding carboxylic acids is 1. The first-order valence-corrected chi connectivity index (χ1v) is 11.0. The van der Waals surface area contributed by atoms with Crippen molar-refractivity contribution in [2.75, 3.05) is 37.4 Å². The van der Waals surface area contributed by atoms with Gasteiger partial charge in [-0.05, 0) is 55.3 Å². The standard InChI is InChI=1S/C21H27N3O3S/c1-23(2)19-9-7-8-17(16-19)21(25)22-18-10-12-20(13-11-18)28(26,27)24-14-5-3-4-6-15-24/h7-13,16H,3-6,14-15H2,1-2H3,(H,22,25). The molecule has 0 aromatic heterocycles. The summed E-state index contributed by atoms with van der Waals surface area (Å²) in [6, 6.07) is 13.7. The van der Waals surface area contributed by atoms with Crippen LogP contribution in [0.4, 0.5) is 11.4 Å². The van der Waals surface area contributed by atoms with Crippen LogP contribution in [0.3, 0.4) is 0 Å². The lowest BCUT2D eigenvalue weighted by Gasteiger charge is -2.20. The third-order valence-electron chi connectivity index (χ3n) is 4.94. The van der Waals surface area contributed by atoms with E-state index in [1.165, 1.54) is 0 Å². The largest absolute Gasteiger partial charge is 0.378 e. The van der Waals surface area contributed by atoms with Crippen molar-refractivity contribution in [2.45, 2.75) is 30.6 Å². The second-order valence-corrected chi connectivity index (χ2v) is 9.18. The third kappa shape index (κ3) is 4.72. The molecule has 1 saturated heterocycles. The van der Waals surface area contributed by atoms with Gasteiger partial charge in [0.15, 0.2) is 0 Å².